The second-order valence-corrected chi connectivity index (χ2v) is 29.2. The fourth-order valence-corrected chi connectivity index (χ4v) is 12.0. The van der Waals surface area contributed by atoms with Crippen molar-refractivity contribution in [1.82, 2.24) is 46.0 Å². The molecule has 0 bridgehead atoms. The van der Waals surface area contributed by atoms with E-state index in [0.29, 0.717) is 91.8 Å². The van der Waals surface area contributed by atoms with Crippen molar-refractivity contribution in [2.45, 2.75) is 160 Å². The summed E-state index contributed by atoms with van der Waals surface area (Å²) in [6.07, 6.45) is 5.29. The molecule has 0 amide bonds. The second kappa shape index (κ2) is 38.0. The highest BCUT2D eigenvalue weighted by atomic mass is 35.5. The van der Waals surface area contributed by atoms with Crippen molar-refractivity contribution in [2.75, 3.05) is 54.4 Å². The van der Waals surface area contributed by atoms with Crippen LogP contribution in [-0.2, 0) is 35.5 Å². The zero-order valence-corrected chi connectivity index (χ0v) is 63.0. The first-order valence-electron chi connectivity index (χ1n) is 29.9. The van der Waals surface area contributed by atoms with E-state index >= 15 is 0 Å². The number of hydrogen-bond acceptors (Lipinski definition) is 18. The number of aromatic nitrogens is 8. The molecule has 530 valence electrons. The Bertz CT molecular complexity index is 4080. The van der Waals surface area contributed by atoms with Crippen LogP contribution >= 0.6 is 81.5 Å². The van der Waals surface area contributed by atoms with Crippen molar-refractivity contribution >= 4 is 115 Å². The molecule has 0 fully saturated rings. The highest BCUT2D eigenvalue weighted by Gasteiger charge is 2.28. The van der Waals surface area contributed by atoms with Gasteiger partial charge in [-0.15, -0.1) is 0 Å². The van der Waals surface area contributed by atoms with Crippen molar-refractivity contribution in [1.29, 1.82) is 0 Å². The number of anilines is 4. The summed E-state index contributed by atoms with van der Waals surface area (Å²) >= 11 is 34.2. The third-order valence-corrected chi connectivity index (χ3v) is 18.2. The van der Waals surface area contributed by atoms with E-state index < -0.39 is 35.3 Å². The predicted molar refractivity (Wildman–Crippen MR) is 390 cm³/mol. The number of alkyl halides is 6. The molecular formula is C67H85Cl5F6N14O2S3. The Morgan fingerprint density at radius 1 is 0.485 bits per heavy atom. The molecule has 4 aromatic heterocycles. The molecule has 4 heterocycles. The molecule has 97 heavy (non-hydrogen) atoms. The van der Waals surface area contributed by atoms with E-state index in [1.54, 1.807) is 0 Å². The number of nitrogen functional groups attached to an aromatic ring is 3. The molecule has 4 aromatic carbocycles. The van der Waals surface area contributed by atoms with Crippen LogP contribution < -0.4 is 34.4 Å². The van der Waals surface area contributed by atoms with E-state index in [1.807, 2.05) is 82.1 Å². The van der Waals surface area contributed by atoms with Crippen molar-refractivity contribution in [2.24, 2.45) is 5.73 Å². The number of nitrogens with two attached hydrogens (primary N) is 4. The van der Waals surface area contributed by atoms with Crippen LogP contribution in [0, 0.1) is 27.7 Å². The van der Waals surface area contributed by atoms with Gasteiger partial charge in [0.05, 0.1) is 6.54 Å². The molecule has 0 spiro atoms. The van der Waals surface area contributed by atoms with Gasteiger partial charge in [0, 0.05) is 99.1 Å². The number of halogens is 11. The van der Waals surface area contributed by atoms with E-state index in [-0.39, 0.29) is 28.9 Å². The minimum absolute atomic E-state index is 0. The molecule has 0 saturated carbocycles. The van der Waals surface area contributed by atoms with Crippen LogP contribution in [0.2, 0.25) is 25.2 Å². The number of nitrogens with zero attached hydrogens (tertiary/aromatic N) is 8. The van der Waals surface area contributed by atoms with Gasteiger partial charge in [-0.1, -0.05) is 155 Å². The monoisotopic (exact) mass is 1500 g/mol. The average Bonchev–Trinajstić information content (AvgIpc) is 0.837. The predicted octanol–water partition coefficient (Wildman–Crippen LogP) is 18.5. The lowest BCUT2D eigenvalue weighted by molar-refractivity contribution is -0.118. The van der Waals surface area contributed by atoms with Crippen LogP contribution in [0.1, 0.15) is 168 Å². The minimum Gasteiger partial charge on any atom is -0.383 e. The summed E-state index contributed by atoms with van der Waals surface area (Å²) in [6.45, 7) is 22.7. The molecule has 12 N–H and O–H groups in total. The van der Waals surface area contributed by atoms with Crippen LogP contribution in [0.5, 0.6) is 0 Å². The molecular weight excluding hydrogens is 1420 g/mol. The molecule has 8 rings (SSSR count). The third kappa shape index (κ3) is 26.9. The maximum atomic E-state index is 12.2. The fourth-order valence-electron chi connectivity index (χ4n) is 9.69. The number of thioether (sulfide) groups is 2. The molecule has 16 nitrogen and oxygen atoms in total. The first-order valence-corrected chi connectivity index (χ1v) is 36.2. The van der Waals surface area contributed by atoms with Crippen LogP contribution in [0.15, 0.2) is 88.8 Å². The minimum atomic E-state index is -4.35. The Kier molecular flexibility index (Phi) is 33.4. The highest BCUT2D eigenvalue weighted by molar-refractivity contribution is 7.98. The van der Waals surface area contributed by atoms with Crippen molar-refractivity contribution < 1.29 is 34.8 Å². The van der Waals surface area contributed by atoms with Crippen molar-refractivity contribution in [3.8, 4) is 0 Å². The molecule has 0 radical (unpaired) electrons. The maximum absolute atomic E-state index is 12.2. The zero-order chi connectivity index (χ0) is 72.5. The number of sulfone groups is 1. The normalized spacial score (nSPS) is 11.5. The van der Waals surface area contributed by atoms with Crippen LogP contribution in [0.25, 0.3) is 0 Å². The van der Waals surface area contributed by atoms with Gasteiger partial charge in [0.15, 0.2) is 10.3 Å². The smallest absolute Gasteiger partial charge is 0.383 e. The molecule has 0 unspecified atom stereocenters. The molecule has 30 heteroatoms. The molecule has 0 aliphatic rings. The topological polar surface area (TPSA) is 288 Å². The van der Waals surface area contributed by atoms with Crippen LogP contribution in [0.4, 0.5) is 49.7 Å². The summed E-state index contributed by atoms with van der Waals surface area (Å²) in [5, 5.41) is 6.64. The van der Waals surface area contributed by atoms with Gasteiger partial charge in [-0.2, -0.15) is 31.3 Å². The Labute approximate surface area is 599 Å². The lowest BCUT2D eigenvalue weighted by Crippen LogP contribution is -2.22. The Balaban J connectivity index is 0.000000327. The number of hydrogen-bond donors (Lipinski definition) is 6. The molecule has 0 aliphatic heterocycles. The average molecular weight is 1510 g/mol. The summed E-state index contributed by atoms with van der Waals surface area (Å²) in [4.78, 5) is 32.8. The molecule has 0 saturated heterocycles. The van der Waals surface area contributed by atoms with Crippen molar-refractivity contribution in [3.63, 3.8) is 0 Å². The van der Waals surface area contributed by atoms with Crippen LogP contribution in [0.3, 0.4) is 0 Å². The van der Waals surface area contributed by atoms with Gasteiger partial charge < -0.3 is 34.4 Å². The summed E-state index contributed by atoms with van der Waals surface area (Å²) < 4.78 is 91.7. The zero-order valence-electron chi connectivity index (χ0n) is 56.8. The van der Waals surface area contributed by atoms with Gasteiger partial charge in [-0.25, -0.2) is 43.3 Å². The first kappa shape index (κ1) is 85.2. The third-order valence-electron chi connectivity index (χ3n) is 14.5. The van der Waals surface area contributed by atoms with Gasteiger partial charge >= 0.3 is 12.4 Å². The molecule has 8 aromatic rings. The summed E-state index contributed by atoms with van der Waals surface area (Å²) in [7, 11) is -3.47. The Hall–Kier alpha value is -6.00. The number of benzene rings is 4. The lowest BCUT2D eigenvalue weighted by Gasteiger charge is -2.17. The van der Waals surface area contributed by atoms with E-state index in [9.17, 15) is 34.8 Å². The van der Waals surface area contributed by atoms with Crippen LogP contribution in [-0.4, -0.2) is 92.5 Å². The quantitative estimate of drug-likeness (QED) is 0.0214. The standard InChI is InChI=1S/C17H20ClF3N4.C16H18Cl2N2S.C16H20ClN3O2S.C16H20ClN3S.C2H4F3N.H3N/c1-9(2)13-4-10(3)14(18)6-11(13)5-12-7-23-16(25-15(12)22)24-8-17(19,20)21;1-9(2)14-10(3)5-13(17)7-11(14)6-12-8-19-16(21-4)20-15(12)18;1-9(2)13-5-10(3)14(17)7-11(13)6-12-8-19-16(20-15(12)18)23(4,21)22;1-9(2)13-5-10(3)14(17)7-11(13)6-12-8-19-16(21-4)20-15(12)18;3-2(4,5)1-6;/h4,6-7,9H,5,8H2,1-3H3,(H3,22,23,24,25);5,7-9H,6H2,1-4H3;5,7-9H,6H2,1-4H3,(H2,18,19,20);5,7-9H,6H2,1-4H3,(H2,18,19,20);1,6H2;1H3. The Morgan fingerprint density at radius 2 is 0.856 bits per heavy atom. The van der Waals surface area contributed by atoms with Gasteiger partial charge in [0.1, 0.15) is 29.2 Å². The van der Waals surface area contributed by atoms with E-state index in [1.165, 1.54) is 69.3 Å². The lowest BCUT2D eigenvalue weighted by atomic mass is 9.90. The van der Waals surface area contributed by atoms with Gasteiger partial charge in [0.2, 0.25) is 20.9 Å². The maximum Gasteiger partial charge on any atom is 0.405 e. The highest BCUT2D eigenvalue weighted by Crippen LogP contribution is 2.34. The largest absolute Gasteiger partial charge is 0.405 e. The second-order valence-electron chi connectivity index (χ2n) is 23.7. The van der Waals surface area contributed by atoms with Crippen molar-refractivity contribution in [3.05, 3.63) is 188 Å². The summed E-state index contributed by atoms with van der Waals surface area (Å²) in [5.41, 5.74) is 38.9. The summed E-state index contributed by atoms with van der Waals surface area (Å²) in [6, 6.07) is 16.2. The Morgan fingerprint density at radius 3 is 1.20 bits per heavy atom. The number of rotatable bonds is 17. The number of nitrogens with one attached hydrogen (secondary N) is 1. The fraction of sp³-hybridized carbons (Fsp3) is 0.403. The molecule has 0 atom stereocenters. The SMILES string of the molecule is CSc1ncc(Cc2cc(Cl)c(C)cc2C(C)C)c(N)n1.CSc1ncc(Cc2cc(Cl)cc(C)c2C(C)C)c(Cl)n1.Cc1cc(C(C)C)c(Cc2cnc(NCC(F)(F)F)nc2N)cc1Cl.Cc1cc(C(C)C)c(Cc2cnc(S(C)(=O)=O)nc2N)cc1Cl.N.NCC(F)(F)F. The van der Waals surface area contributed by atoms with E-state index in [0.717, 1.165) is 60.8 Å². The molecule has 0 aliphatic carbocycles. The number of aryl methyl sites for hydroxylation is 4. The van der Waals surface area contributed by atoms with Gasteiger partial charge in [-0.05, 0) is 161 Å². The van der Waals surface area contributed by atoms with E-state index in [4.69, 9.17) is 75.2 Å². The summed E-state index contributed by atoms with van der Waals surface area (Å²) in [5.74, 6) is 2.20. The first-order chi connectivity index (χ1) is 44.6. The van der Waals surface area contributed by atoms with Gasteiger partial charge in [-0.3, -0.25) is 0 Å². The van der Waals surface area contributed by atoms with Gasteiger partial charge in [0.25, 0.3) is 0 Å². The van der Waals surface area contributed by atoms with E-state index in [2.05, 4.69) is 125 Å².